The van der Waals surface area contributed by atoms with Gasteiger partial charge in [0.2, 0.25) is 17.7 Å². The fraction of sp³-hybridized carbons (Fsp3) is 0.444. The van der Waals surface area contributed by atoms with E-state index in [4.69, 9.17) is 4.74 Å². The second-order valence-corrected chi connectivity index (χ2v) is 9.48. The number of fused-ring (bicyclic) bond motifs is 3. The van der Waals surface area contributed by atoms with Crippen molar-refractivity contribution in [3.8, 4) is 11.1 Å². The van der Waals surface area contributed by atoms with Crippen LogP contribution in [-0.4, -0.2) is 49.1 Å². The molecule has 3 amide bonds. The van der Waals surface area contributed by atoms with Gasteiger partial charge in [-0.05, 0) is 56.4 Å². The number of ether oxygens (including phenoxy) is 1. The average molecular weight is 466 g/mol. The van der Waals surface area contributed by atoms with Crippen molar-refractivity contribution >= 4 is 17.7 Å². The summed E-state index contributed by atoms with van der Waals surface area (Å²) in [5.74, 6) is -0.787. The lowest BCUT2D eigenvalue weighted by molar-refractivity contribution is -0.132. The van der Waals surface area contributed by atoms with Crippen molar-refractivity contribution in [1.29, 1.82) is 0 Å². The van der Waals surface area contributed by atoms with E-state index in [-0.39, 0.29) is 30.9 Å². The van der Waals surface area contributed by atoms with Gasteiger partial charge >= 0.3 is 0 Å². The zero-order valence-electron chi connectivity index (χ0n) is 20.4. The van der Waals surface area contributed by atoms with Crippen LogP contribution in [0.5, 0.6) is 0 Å². The topological polar surface area (TPSA) is 96.5 Å². The quantitative estimate of drug-likeness (QED) is 0.502. The lowest BCUT2D eigenvalue weighted by atomic mass is 9.92. The second-order valence-electron chi connectivity index (χ2n) is 9.48. The van der Waals surface area contributed by atoms with E-state index in [0.717, 1.165) is 0 Å². The van der Waals surface area contributed by atoms with Crippen molar-refractivity contribution in [2.45, 2.75) is 58.1 Å². The number of carbonyl (C=O) groups is 3. The third-order valence-corrected chi connectivity index (χ3v) is 5.75. The van der Waals surface area contributed by atoms with Gasteiger partial charge in [-0.2, -0.15) is 0 Å². The van der Waals surface area contributed by atoms with Gasteiger partial charge in [0.25, 0.3) is 0 Å². The molecule has 3 rings (SSSR count). The van der Waals surface area contributed by atoms with Crippen LogP contribution >= 0.6 is 0 Å². The first-order valence-corrected chi connectivity index (χ1v) is 11.9. The maximum Gasteiger partial charge on any atom is 0.244 e. The number of hydrogen-bond donors (Lipinski definition) is 3. The molecule has 0 aliphatic heterocycles. The molecule has 0 fully saturated rings. The predicted octanol–water partition coefficient (Wildman–Crippen LogP) is 3.13. The number of carbonyl (C=O) groups excluding carboxylic acids is 3. The molecule has 2 aromatic carbocycles. The van der Waals surface area contributed by atoms with E-state index in [0.29, 0.717) is 19.4 Å². The fourth-order valence-corrected chi connectivity index (χ4v) is 4.17. The zero-order chi connectivity index (χ0) is 24.7. The van der Waals surface area contributed by atoms with Gasteiger partial charge < -0.3 is 20.7 Å². The zero-order valence-corrected chi connectivity index (χ0v) is 20.4. The number of nitrogens with one attached hydrogen (secondary N) is 3. The minimum absolute atomic E-state index is 0.0511. The number of benzene rings is 2. The Labute approximate surface area is 201 Å². The Kier molecular flexibility index (Phi) is 8.45. The highest BCUT2D eigenvalue weighted by Crippen LogP contribution is 2.46. The highest BCUT2D eigenvalue weighted by Gasteiger charge is 2.28. The number of likely N-dealkylation sites (N-methyl/N-ethyl adjacent to an activating group) is 1. The van der Waals surface area contributed by atoms with Crippen LogP contribution in [0.25, 0.3) is 11.1 Å². The van der Waals surface area contributed by atoms with Gasteiger partial charge in [0, 0.05) is 18.9 Å². The Morgan fingerprint density at radius 3 is 2.06 bits per heavy atom. The van der Waals surface area contributed by atoms with Crippen LogP contribution in [0.1, 0.15) is 57.6 Å². The van der Waals surface area contributed by atoms with Gasteiger partial charge in [0.15, 0.2) is 0 Å². The van der Waals surface area contributed by atoms with Crippen molar-refractivity contribution in [3.05, 3.63) is 59.7 Å². The summed E-state index contributed by atoms with van der Waals surface area (Å²) >= 11 is 0. The molecule has 7 nitrogen and oxygen atoms in total. The number of hydrogen-bond acceptors (Lipinski definition) is 4. The molecule has 1 atom stereocenters. The molecule has 0 bridgehead atoms. The summed E-state index contributed by atoms with van der Waals surface area (Å²) in [6, 6.07) is 15.8. The van der Waals surface area contributed by atoms with Crippen LogP contribution in [0, 0.1) is 0 Å². The Morgan fingerprint density at radius 2 is 1.50 bits per heavy atom. The third kappa shape index (κ3) is 6.67. The van der Waals surface area contributed by atoms with Crippen LogP contribution < -0.4 is 16.0 Å². The van der Waals surface area contributed by atoms with E-state index >= 15 is 0 Å². The molecule has 0 aromatic heterocycles. The molecular formula is C27H35N3O4. The van der Waals surface area contributed by atoms with E-state index in [1.54, 1.807) is 0 Å². The van der Waals surface area contributed by atoms with Gasteiger partial charge in [-0.15, -0.1) is 0 Å². The SMILES string of the molecule is CCNC(=O)C(COC(C)(C)C)NC(=O)CNC(=O)CCC1c2ccccc2-c2ccccc21. The van der Waals surface area contributed by atoms with Crippen LogP contribution in [0.2, 0.25) is 0 Å². The van der Waals surface area contributed by atoms with E-state index in [1.807, 2.05) is 52.0 Å². The summed E-state index contributed by atoms with van der Waals surface area (Å²) in [4.78, 5) is 37.2. The molecule has 2 aromatic rings. The van der Waals surface area contributed by atoms with E-state index in [9.17, 15) is 14.4 Å². The molecule has 0 saturated carbocycles. The second kappa shape index (κ2) is 11.3. The summed E-state index contributed by atoms with van der Waals surface area (Å²) in [5, 5.41) is 8.04. The van der Waals surface area contributed by atoms with Gasteiger partial charge in [0.05, 0.1) is 18.8 Å². The molecule has 1 aliphatic carbocycles. The molecule has 0 heterocycles. The van der Waals surface area contributed by atoms with Crippen LogP contribution in [0.4, 0.5) is 0 Å². The molecule has 0 saturated heterocycles. The van der Waals surface area contributed by atoms with Gasteiger partial charge in [-0.1, -0.05) is 48.5 Å². The van der Waals surface area contributed by atoms with Crippen LogP contribution in [-0.2, 0) is 19.1 Å². The fourth-order valence-electron chi connectivity index (χ4n) is 4.17. The molecule has 182 valence electrons. The van der Waals surface area contributed by atoms with E-state index < -0.39 is 17.6 Å². The first kappa shape index (κ1) is 25.4. The van der Waals surface area contributed by atoms with Gasteiger partial charge in [-0.3, -0.25) is 14.4 Å². The summed E-state index contributed by atoms with van der Waals surface area (Å²) < 4.78 is 5.68. The Hall–Kier alpha value is -3.19. The standard InChI is InChI=1S/C27H35N3O4/c1-5-28-26(33)23(17-34-27(2,3)4)30-25(32)16-29-24(31)15-14-22-20-12-8-6-10-18(20)19-11-7-9-13-21(19)22/h6-13,22-23H,5,14-17H2,1-4H3,(H,28,33)(H,29,31)(H,30,32). The van der Waals surface area contributed by atoms with E-state index in [1.165, 1.54) is 22.3 Å². The normalized spacial score (nSPS) is 13.5. The molecule has 7 heteroatoms. The number of rotatable bonds is 10. The highest BCUT2D eigenvalue weighted by atomic mass is 16.5. The first-order chi connectivity index (χ1) is 16.2. The lowest BCUT2D eigenvalue weighted by Gasteiger charge is -2.24. The van der Waals surface area contributed by atoms with Gasteiger partial charge in [-0.25, -0.2) is 0 Å². The predicted molar refractivity (Wildman–Crippen MR) is 132 cm³/mol. The van der Waals surface area contributed by atoms with Crippen molar-refractivity contribution in [2.24, 2.45) is 0 Å². The van der Waals surface area contributed by atoms with Crippen LogP contribution in [0.15, 0.2) is 48.5 Å². The smallest absolute Gasteiger partial charge is 0.244 e. The molecule has 0 radical (unpaired) electrons. The summed E-state index contributed by atoms with van der Waals surface area (Å²) in [6.07, 6.45) is 0.954. The highest BCUT2D eigenvalue weighted by molar-refractivity contribution is 5.90. The van der Waals surface area contributed by atoms with Crippen molar-refractivity contribution < 1.29 is 19.1 Å². The minimum Gasteiger partial charge on any atom is -0.373 e. The average Bonchev–Trinajstić information content (AvgIpc) is 3.12. The van der Waals surface area contributed by atoms with Crippen molar-refractivity contribution in [2.75, 3.05) is 19.7 Å². The maximum absolute atomic E-state index is 12.5. The van der Waals surface area contributed by atoms with Crippen molar-refractivity contribution in [1.82, 2.24) is 16.0 Å². The molecule has 1 aliphatic rings. The Morgan fingerprint density at radius 1 is 0.912 bits per heavy atom. The Bertz CT molecular complexity index is 983. The summed E-state index contributed by atoms with van der Waals surface area (Å²) in [5.41, 5.74) is 4.46. The van der Waals surface area contributed by atoms with Crippen molar-refractivity contribution in [3.63, 3.8) is 0 Å². The summed E-state index contributed by atoms with van der Waals surface area (Å²) in [6.45, 7) is 7.76. The number of amides is 3. The largest absolute Gasteiger partial charge is 0.373 e. The molecule has 34 heavy (non-hydrogen) atoms. The third-order valence-electron chi connectivity index (χ3n) is 5.75. The van der Waals surface area contributed by atoms with Gasteiger partial charge in [0.1, 0.15) is 6.04 Å². The monoisotopic (exact) mass is 465 g/mol. The molecular weight excluding hydrogens is 430 g/mol. The van der Waals surface area contributed by atoms with Crippen LogP contribution in [0.3, 0.4) is 0 Å². The molecule has 0 spiro atoms. The Balaban J connectivity index is 1.51. The lowest BCUT2D eigenvalue weighted by Crippen LogP contribution is -2.52. The molecule has 1 unspecified atom stereocenters. The minimum atomic E-state index is -0.824. The first-order valence-electron chi connectivity index (χ1n) is 11.9. The maximum atomic E-state index is 12.5. The van der Waals surface area contributed by atoms with E-state index in [2.05, 4.69) is 40.2 Å². The summed E-state index contributed by atoms with van der Waals surface area (Å²) in [7, 11) is 0. The molecule has 3 N–H and O–H groups in total.